The molecule has 3 heterocycles. The van der Waals surface area contributed by atoms with Gasteiger partial charge in [-0.1, -0.05) is 26.7 Å². The van der Waals surface area contributed by atoms with Crippen molar-refractivity contribution in [2.45, 2.75) is 108 Å². The minimum absolute atomic E-state index is 0.0333. The van der Waals surface area contributed by atoms with E-state index in [0.717, 1.165) is 66.1 Å². The lowest BCUT2D eigenvalue weighted by Gasteiger charge is -2.35. The molecule has 0 bridgehead atoms. The highest BCUT2D eigenvalue weighted by molar-refractivity contribution is 8.00. The number of carbonyl (C=O) groups excluding carboxylic acids is 4. The molecule has 2 aliphatic heterocycles. The lowest BCUT2D eigenvalue weighted by Crippen LogP contribution is -2.58. The third-order valence-corrected chi connectivity index (χ3v) is 12.7. The molecule has 54 heavy (non-hydrogen) atoms. The number of benzene rings is 2. The predicted octanol–water partition coefficient (Wildman–Crippen LogP) is 5.39. The van der Waals surface area contributed by atoms with Gasteiger partial charge in [0.15, 0.2) is 0 Å². The van der Waals surface area contributed by atoms with E-state index in [1.165, 1.54) is 6.07 Å². The average Bonchev–Trinajstić information content (AvgIpc) is 3.68. The van der Waals surface area contributed by atoms with Crippen LogP contribution in [0.1, 0.15) is 96.1 Å². The van der Waals surface area contributed by atoms with Gasteiger partial charge in [-0.2, -0.15) is 11.8 Å². The highest BCUT2D eigenvalue weighted by atomic mass is 32.2. The van der Waals surface area contributed by atoms with Crippen LogP contribution in [0.3, 0.4) is 0 Å². The van der Waals surface area contributed by atoms with Gasteiger partial charge in [-0.3, -0.25) is 15.0 Å². The SMILES string of the molecule is CC(C)c1cc(C(=N)N(C(N)=O)c2ccc3c(ccn3CCNC(=O)CCCCCNC(=O)CCCCC3SCC4(C)NC(=O)NC34C)c2)c(O)cc1O. The normalized spacial score (nSPS) is 20.4. The quantitative estimate of drug-likeness (QED) is 0.0388. The van der Waals surface area contributed by atoms with Crippen molar-refractivity contribution in [1.82, 2.24) is 25.8 Å². The maximum absolute atomic E-state index is 12.5. The monoisotopic (exact) mass is 762 g/mol. The van der Waals surface area contributed by atoms with Gasteiger partial charge in [0.05, 0.1) is 22.3 Å². The van der Waals surface area contributed by atoms with E-state index in [9.17, 15) is 29.4 Å². The smallest absolute Gasteiger partial charge is 0.325 e. The topological polar surface area (TPSA) is 215 Å². The van der Waals surface area contributed by atoms with E-state index in [1.54, 1.807) is 12.1 Å². The van der Waals surface area contributed by atoms with Crippen molar-refractivity contribution in [2.24, 2.45) is 5.73 Å². The zero-order valence-corrected chi connectivity index (χ0v) is 32.4. The van der Waals surface area contributed by atoms with Gasteiger partial charge in [0.25, 0.3) is 0 Å². The van der Waals surface area contributed by atoms with Crippen LogP contribution in [0.25, 0.3) is 10.9 Å². The molecule has 15 heteroatoms. The number of rotatable bonds is 17. The molecule has 3 unspecified atom stereocenters. The molecule has 0 spiro atoms. The van der Waals surface area contributed by atoms with Crippen LogP contribution < -0.4 is 31.9 Å². The fraction of sp³-hybridized carbons (Fsp3) is 0.513. The van der Waals surface area contributed by atoms with E-state index < -0.39 is 6.03 Å². The molecule has 0 radical (unpaired) electrons. The number of primary amides is 1. The Bertz CT molecular complexity index is 1900. The number of nitrogens with two attached hydrogens (primary N) is 1. The second kappa shape index (κ2) is 17.0. The van der Waals surface area contributed by atoms with Crippen molar-refractivity contribution in [2.75, 3.05) is 23.7 Å². The molecule has 2 fully saturated rings. The molecular weight excluding hydrogens is 709 g/mol. The van der Waals surface area contributed by atoms with Crippen molar-refractivity contribution >= 4 is 58.1 Å². The van der Waals surface area contributed by atoms with Crippen molar-refractivity contribution in [3.05, 3.63) is 53.7 Å². The standard InChI is InChI=1S/C39H54N8O6S/c1-24(2)27-21-28(31(49)22-30(27)48)35(40)47(36(41)52)26-13-14-29-25(20-26)15-18-46(29)19-17-43-34(51)11-6-5-9-16-42-33(50)12-8-7-10-32-39(4)38(3,23-54-32)44-37(53)45-39/h13-15,18,20-22,24,32,40,48-49H,5-12,16-17,19,23H2,1-4H3,(H2,41,52)(H,42,50)(H,43,51)(H2,44,45,53). The van der Waals surface area contributed by atoms with Crippen LogP contribution in [0.5, 0.6) is 11.5 Å². The Morgan fingerprint density at radius 1 is 0.981 bits per heavy atom. The van der Waals surface area contributed by atoms with Crippen molar-refractivity contribution in [3.63, 3.8) is 0 Å². The Labute approximate surface area is 320 Å². The van der Waals surface area contributed by atoms with Crippen LogP contribution in [0.4, 0.5) is 15.3 Å². The molecule has 0 aliphatic carbocycles. The number of amidine groups is 1. The lowest BCUT2D eigenvalue weighted by atomic mass is 9.79. The first-order chi connectivity index (χ1) is 25.6. The van der Waals surface area contributed by atoms with Crippen LogP contribution in [0.15, 0.2) is 42.6 Å². The van der Waals surface area contributed by atoms with Gasteiger partial charge >= 0.3 is 12.1 Å². The maximum Gasteiger partial charge on any atom is 0.325 e. The first-order valence-electron chi connectivity index (χ1n) is 18.7. The van der Waals surface area contributed by atoms with Crippen molar-refractivity contribution < 1.29 is 29.4 Å². The van der Waals surface area contributed by atoms with Gasteiger partial charge in [0.2, 0.25) is 11.8 Å². The molecule has 9 N–H and O–H groups in total. The first-order valence-corrected chi connectivity index (χ1v) is 19.8. The van der Waals surface area contributed by atoms with Gasteiger partial charge < -0.3 is 41.8 Å². The van der Waals surface area contributed by atoms with E-state index in [2.05, 4.69) is 35.1 Å². The Hall–Kier alpha value is -4.92. The van der Waals surface area contributed by atoms with Gasteiger partial charge in [0, 0.05) is 66.6 Å². The number of hydrogen-bond acceptors (Lipinski definition) is 8. The van der Waals surface area contributed by atoms with E-state index in [-0.39, 0.29) is 57.7 Å². The summed E-state index contributed by atoms with van der Waals surface area (Å²) < 4.78 is 1.98. The number of phenols is 2. The molecular formula is C39H54N8O6S. The summed E-state index contributed by atoms with van der Waals surface area (Å²) >= 11 is 1.89. The number of carbonyl (C=O) groups is 4. The minimum Gasteiger partial charge on any atom is -0.508 e. The summed E-state index contributed by atoms with van der Waals surface area (Å²) in [6.45, 7) is 9.50. The number of hydrogen-bond donors (Lipinski definition) is 8. The molecule has 2 saturated heterocycles. The fourth-order valence-electron chi connectivity index (χ4n) is 7.39. The van der Waals surface area contributed by atoms with E-state index in [1.807, 2.05) is 48.5 Å². The minimum atomic E-state index is -0.895. The number of anilines is 1. The summed E-state index contributed by atoms with van der Waals surface area (Å²) in [7, 11) is 0. The number of amides is 6. The van der Waals surface area contributed by atoms with Crippen molar-refractivity contribution in [1.29, 1.82) is 5.41 Å². The zero-order valence-electron chi connectivity index (χ0n) is 31.6. The van der Waals surface area contributed by atoms with Gasteiger partial charge in [-0.15, -0.1) is 0 Å². The molecule has 3 aromatic rings. The number of unbranched alkanes of at least 4 members (excludes halogenated alkanes) is 3. The number of nitrogens with one attached hydrogen (secondary N) is 5. The number of thioether (sulfide) groups is 1. The zero-order chi connectivity index (χ0) is 39.2. The Morgan fingerprint density at radius 2 is 1.69 bits per heavy atom. The molecule has 14 nitrogen and oxygen atoms in total. The molecule has 2 aliphatic rings. The Balaban J connectivity index is 0.981. The molecule has 5 rings (SSSR count). The Morgan fingerprint density at radius 3 is 2.39 bits per heavy atom. The molecule has 2 aromatic carbocycles. The van der Waals surface area contributed by atoms with E-state index in [0.29, 0.717) is 49.0 Å². The largest absolute Gasteiger partial charge is 0.508 e. The maximum atomic E-state index is 12.5. The third-order valence-electron chi connectivity index (χ3n) is 10.8. The molecule has 1 aromatic heterocycles. The van der Waals surface area contributed by atoms with Gasteiger partial charge in [-0.05, 0) is 81.3 Å². The summed E-state index contributed by atoms with van der Waals surface area (Å²) in [4.78, 5) is 50.3. The second-order valence-corrected chi connectivity index (χ2v) is 16.2. The Kier molecular flexibility index (Phi) is 12.7. The van der Waals surface area contributed by atoms with Crippen LogP contribution in [-0.2, 0) is 16.1 Å². The third kappa shape index (κ3) is 8.88. The molecule has 3 atom stereocenters. The van der Waals surface area contributed by atoms with Crippen LogP contribution in [-0.4, -0.2) is 79.7 Å². The highest BCUT2D eigenvalue weighted by Crippen LogP contribution is 2.47. The molecule has 292 valence electrons. The summed E-state index contributed by atoms with van der Waals surface area (Å²) in [5.74, 6) is 0.0566. The van der Waals surface area contributed by atoms with Crippen LogP contribution >= 0.6 is 11.8 Å². The number of urea groups is 2. The number of phenolic OH excluding ortho intramolecular Hbond substituents is 2. The predicted molar refractivity (Wildman–Crippen MR) is 212 cm³/mol. The first kappa shape index (κ1) is 40.3. The van der Waals surface area contributed by atoms with Crippen LogP contribution in [0, 0.1) is 5.41 Å². The second-order valence-electron chi connectivity index (χ2n) is 15.0. The molecule has 0 saturated carbocycles. The van der Waals surface area contributed by atoms with Gasteiger partial charge in [0.1, 0.15) is 17.3 Å². The lowest BCUT2D eigenvalue weighted by molar-refractivity contribution is -0.122. The molecule has 6 amide bonds. The fourth-order valence-corrected chi connectivity index (χ4v) is 9.28. The summed E-state index contributed by atoms with van der Waals surface area (Å²) in [6, 6.07) is 8.74. The number of aromatic hydroxyl groups is 2. The summed E-state index contributed by atoms with van der Waals surface area (Å²) in [5.41, 5.74) is 7.00. The average molecular weight is 763 g/mol. The van der Waals surface area contributed by atoms with Gasteiger partial charge in [-0.25, -0.2) is 14.5 Å². The highest BCUT2D eigenvalue weighted by Gasteiger charge is 2.60. The number of nitrogens with zero attached hydrogens (tertiary/aromatic N) is 2. The summed E-state index contributed by atoms with van der Waals surface area (Å²) in [6.07, 6.45) is 7.83. The van der Waals surface area contributed by atoms with E-state index >= 15 is 0 Å². The number of aromatic nitrogens is 1. The van der Waals surface area contributed by atoms with E-state index in [4.69, 9.17) is 11.1 Å². The van der Waals surface area contributed by atoms with Crippen molar-refractivity contribution in [3.8, 4) is 11.5 Å². The number of fused-ring (bicyclic) bond motifs is 2. The van der Waals surface area contributed by atoms with Crippen LogP contribution in [0.2, 0.25) is 0 Å². The summed E-state index contributed by atoms with van der Waals surface area (Å²) in [5, 5.41) is 42.7.